The van der Waals surface area contributed by atoms with Crippen molar-refractivity contribution in [3.05, 3.63) is 58.6 Å². The van der Waals surface area contributed by atoms with Gasteiger partial charge in [-0.3, -0.25) is 10.1 Å². The highest BCUT2D eigenvalue weighted by molar-refractivity contribution is 6.04. The van der Waals surface area contributed by atoms with Crippen LogP contribution in [0.5, 0.6) is 0 Å². The Balaban J connectivity index is 1.63. The molecule has 3 aromatic heterocycles. The highest BCUT2D eigenvalue weighted by atomic mass is 16.5. The number of aromatic nitrogens is 3. The first-order chi connectivity index (χ1) is 11.7. The zero-order valence-corrected chi connectivity index (χ0v) is 11.9. The molecule has 4 aromatic rings. The molecule has 0 atom stereocenters. The maximum absolute atomic E-state index is 12.2. The van der Waals surface area contributed by atoms with Crippen LogP contribution in [-0.4, -0.2) is 21.3 Å². The Morgan fingerprint density at radius 1 is 1.08 bits per heavy atom. The monoisotopic (exact) mass is 324 g/mol. The second kappa shape index (κ2) is 5.47. The van der Waals surface area contributed by atoms with Crippen LogP contribution < -0.4 is 10.9 Å². The summed E-state index contributed by atoms with van der Waals surface area (Å²) in [5, 5.41) is 13.8. The largest absolute Gasteiger partial charge is 0.422 e. The molecule has 118 valence electrons. The van der Waals surface area contributed by atoms with Crippen molar-refractivity contribution in [2.24, 2.45) is 0 Å². The number of carbonyl (C=O) groups excluding carboxylic acids is 1. The molecule has 9 nitrogen and oxygen atoms in total. The average Bonchev–Trinajstić information content (AvgIpc) is 3.25. The first kappa shape index (κ1) is 13.9. The SMILES string of the molecule is O=C(Nc1nnc(-c2ccno2)o1)c1cc2ccccc2oc1=O. The minimum atomic E-state index is -0.763. The molecule has 3 heterocycles. The molecule has 1 aromatic carbocycles. The smallest absolute Gasteiger partial charge is 0.349 e. The van der Waals surface area contributed by atoms with Crippen LogP contribution in [0, 0.1) is 0 Å². The molecule has 0 aliphatic rings. The number of carbonyl (C=O) groups is 1. The van der Waals surface area contributed by atoms with Crippen LogP contribution >= 0.6 is 0 Å². The number of para-hydroxylation sites is 1. The third-order valence-corrected chi connectivity index (χ3v) is 3.18. The molecular weight excluding hydrogens is 316 g/mol. The van der Waals surface area contributed by atoms with Crippen LogP contribution in [-0.2, 0) is 0 Å². The summed E-state index contributed by atoms with van der Waals surface area (Å²) in [5.41, 5.74) is -0.543. The standard InChI is InChI=1S/C15H8N4O5/c20-12(9-7-8-3-1-2-4-10(8)22-14(9)21)17-15-19-18-13(23-15)11-5-6-16-24-11/h1-7H,(H,17,19,20). The zero-order chi connectivity index (χ0) is 16.5. The minimum Gasteiger partial charge on any atom is -0.422 e. The van der Waals surface area contributed by atoms with Crippen LogP contribution in [0.15, 0.2) is 60.7 Å². The Morgan fingerprint density at radius 3 is 2.79 bits per heavy atom. The van der Waals surface area contributed by atoms with Crippen molar-refractivity contribution < 1.29 is 18.2 Å². The Kier molecular flexibility index (Phi) is 3.16. The van der Waals surface area contributed by atoms with E-state index in [4.69, 9.17) is 13.4 Å². The predicted octanol–water partition coefficient (Wildman–Crippen LogP) is 2.08. The fourth-order valence-electron chi connectivity index (χ4n) is 2.08. The van der Waals surface area contributed by atoms with Crippen molar-refractivity contribution in [2.75, 3.05) is 5.32 Å². The van der Waals surface area contributed by atoms with Crippen molar-refractivity contribution in [3.63, 3.8) is 0 Å². The number of nitrogens with zero attached hydrogens (tertiary/aromatic N) is 3. The van der Waals surface area contributed by atoms with Gasteiger partial charge in [-0.25, -0.2) is 4.79 Å². The number of benzene rings is 1. The van der Waals surface area contributed by atoms with E-state index in [1.54, 1.807) is 24.3 Å². The Labute approximate surface area is 132 Å². The van der Waals surface area contributed by atoms with Crippen LogP contribution in [0.2, 0.25) is 0 Å². The van der Waals surface area contributed by atoms with E-state index in [1.807, 2.05) is 0 Å². The highest BCUT2D eigenvalue weighted by Crippen LogP contribution is 2.19. The molecule has 0 saturated heterocycles. The number of rotatable bonds is 3. The number of nitrogens with one attached hydrogen (secondary N) is 1. The first-order valence-corrected chi connectivity index (χ1v) is 6.79. The van der Waals surface area contributed by atoms with E-state index in [9.17, 15) is 9.59 Å². The first-order valence-electron chi connectivity index (χ1n) is 6.79. The molecule has 4 rings (SSSR count). The van der Waals surface area contributed by atoms with E-state index in [0.717, 1.165) is 0 Å². The molecular formula is C15H8N4O5. The van der Waals surface area contributed by atoms with Crippen molar-refractivity contribution in [2.45, 2.75) is 0 Å². The van der Waals surface area contributed by atoms with Gasteiger partial charge in [0.2, 0.25) is 5.76 Å². The highest BCUT2D eigenvalue weighted by Gasteiger charge is 2.18. The molecule has 9 heteroatoms. The normalized spacial score (nSPS) is 10.8. The number of anilines is 1. The lowest BCUT2D eigenvalue weighted by Crippen LogP contribution is -2.20. The lowest BCUT2D eigenvalue weighted by molar-refractivity contribution is 0.102. The molecule has 0 aliphatic carbocycles. The van der Waals surface area contributed by atoms with Gasteiger partial charge in [-0.2, -0.15) is 0 Å². The minimum absolute atomic E-state index is 0.0494. The van der Waals surface area contributed by atoms with Gasteiger partial charge in [0.05, 0.1) is 6.20 Å². The van der Waals surface area contributed by atoms with E-state index < -0.39 is 11.5 Å². The van der Waals surface area contributed by atoms with Gasteiger partial charge in [0.15, 0.2) is 0 Å². The van der Waals surface area contributed by atoms with Gasteiger partial charge in [0.25, 0.3) is 11.8 Å². The molecule has 1 N–H and O–H groups in total. The lowest BCUT2D eigenvalue weighted by Gasteiger charge is -2.01. The van der Waals surface area contributed by atoms with E-state index >= 15 is 0 Å². The van der Waals surface area contributed by atoms with Gasteiger partial charge in [-0.1, -0.05) is 28.5 Å². The number of hydrogen-bond acceptors (Lipinski definition) is 8. The van der Waals surface area contributed by atoms with Crippen LogP contribution in [0.3, 0.4) is 0 Å². The van der Waals surface area contributed by atoms with E-state index in [-0.39, 0.29) is 23.2 Å². The summed E-state index contributed by atoms with van der Waals surface area (Å²) in [4.78, 5) is 24.2. The van der Waals surface area contributed by atoms with E-state index in [1.165, 1.54) is 18.3 Å². The summed E-state index contributed by atoms with van der Waals surface area (Å²) in [6, 6.07) is 9.64. The molecule has 24 heavy (non-hydrogen) atoms. The maximum atomic E-state index is 12.2. The lowest BCUT2D eigenvalue weighted by atomic mass is 10.2. The van der Waals surface area contributed by atoms with Gasteiger partial charge < -0.3 is 13.4 Å². The fraction of sp³-hybridized carbons (Fsp3) is 0. The molecule has 0 saturated carbocycles. The number of hydrogen-bond donors (Lipinski definition) is 1. The third kappa shape index (κ3) is 2.43. The van der Waals surface area contributed by atoms with Gasteiger partial charge >= 0.3 is 11.6 Å². The number of amides is 1. The maximum Gasteiger partial charge on any atom is 0.349 e. The predicted molar refractivity (Wildman–Crippen MR) is 80.2 cm³/mol. The van der Waals surface area contributed by atoms with Gasteiger partial charge in [-0.15, -0.1) is 5.10 Å². The van der Waals surface area contributed by atoms with Crippen molar-refractivity contribution in [1.82, 2.24) is 15.4 Å². The Bertz CT molecular complexity index is 1080. The Hall–Kier alpha value is -3.75. The van der Waals surface area contributed by atoms with Gasteiger partial charge in [-0.05, 0) is 12.1 Å². The summed E-state index contributed by atoms with van der Waals surface area (Å²) >= 11 is 0. The zero-order valence-electron chi connectivity index (χ0n) is 11.9. The second-order valence-corrected chi connectivity index (χ2v) is 4.73. The Morgan fingerprint density at radius 2 is 1.96 bits per heavy atom. The van der Waals surface area contributed by atoms with Crippen LogP contribution in [0.25, 0.3) is 22.6 Å². The summed E-state index contributed by atoms with van der Waals surface area (Å²) in [6.45, 7) is 0. The van der Waals surface area contributed by atoms with Crippen molar-refractivity contribution >= 4 is 22.9 Å². The van der Waals surface area contributed by atoms with Gasteiger partial charge in [0.1, 0.15) is 11.1 Å². The topological polar surface area (TPSA) is 124 Å². The van der Waals surface area contributed by atoms with Crippen LogP contribution in [0.4, 0.5) is 6.01 Å². The molecule has 0 radical (unpaired) electrons. The summed E-state index contributed by atoms with van der Waals surface area (Å²) in [7, 11) is 0. The molecule has 0 bridgehead atoms. The summed E-state index contributed by atoms with van der Waals surface area (Å²) < 4.78 is 15.2. The molecule has 0 fully saturated rings. The van der Waals surface area contributed by atoms with E-state index in [2.05, 4.69) is 20.7 Å². The van der Waals surface area contributed by atoms with Gasteiger partial charge in [0, 0.05) is 11.5 Å². The summed E-state index contributed by atoms with van der Waals surface area (Å²) in [5.74, 6) is -0.413. The molecule has 0 spiro atoms. The number of fused-ring (bicyclic) bond motifs is 1. The fourth-order valence-corrected chi connectivity index (χ4v) is 2.08. The quantitative estimate of drug-likeness (QED) is 0.568. The molecule has 0 aliphatic heterocycles. The van der Waals surface area contributed by atoms with Crippen molar-refractivity contribution in [3.8, 4) is 11.7 Å². The second-order valence-electron chi connectivity index (χ2n) is 4.73. The summed E-state index contributed by atoms with van der Waals surface area (Å²) in [6.07, 6.45) is 1.41. The van der Waals surface area contributed by atoms with E-state index in [0.29, 0.717) is 11.0 Å². The molecule has 0 unspecified atom stereocenters. The third-order valence-electron chi connectivity index (χ3n) is 3.18. The van der Waals surface area contributed by atoms with Crippen molar-refractivity contribution in [1.29, 1.82) is 0 Å². The van der Waals surface area contributed by atoms with Crippen LogP contribution in [0.1, 0.15) is 10.4 Å². The average molecular weight is 324 g/mol. The molecule has 1 amide bonds.